The predicted octanol–water partition coefficient (Wildman–Crippen LogP) is 3.55. The van der Waals surface area contributed by atoms with Gasteiger partial charge in [-0.25, -0.2) is 4.63 Å². The maximum absolute atomic E-state index is 13.0. The molecular weight excluding hydrogens is 436 g/mol. The number of nitrogens with zero attached hydrogens (tertiary/aromatic N) is 4. The summed E-state index contributed by atoms with van der Waals surface area (Å²) < 4.78 is 15.8. The molecule has 0 unspecified atom stereocenters. The fourth-order valence-electron chi connectivity index (χ4n) is 4.89. The molecule has 2 amide bonds. The number of benzene rings is 1. The fraction of sp³-hybridized carbons (Fsp3) is 0.440. The Kier molecular flexibility index (Phi) is 5.63. The van der Waals surface area contributed by atoms with Crippen LogP contribution in [0.25, 0.3) is 11.3 Å². The first kappa shape index (κ1) is 22.2. The van der Waals surface area contributed by atoms with Crippen LogP contribution in [0.4, 0.5) is 0 Å². The molecule has 5 rings (SSSR count). The monoisotopic (exact) mass is 464 g/mol. The Labute approximate surface area is 197 Å². The van der Waals surface area contributed by atoms with E-state index in [4.69, 9.17) is 13.8 Å². The molecule has 2 aliphatic rings. The van der Waals surface area contributed by atoms with Crippen LogP contribution in [0.5, 0.6) is 5.75 Å². The highest BCUT2D eigenvalue weighted by molar-refractivity contribution is 5.92. The van der Waals surface area contributed by atoms with Crippen molar-refractivity contribution < 1.29 is 23.4 Å². The van der Waals surface area contributed by atoms with Crippen LogP contribution in [-0.4, -0.2) is 59.2 Å². The topological polar surface area (TPSA) is 102 Å². The van der Waals surface area contributed by atoms with Crippen LogP contribution in [0, 0.1) is 18.3 Å². The van der Waals surface area contributed by atoms with Gasteiger partial charge < -0.3 is 19.0 Å². The molecule has 3 aromatic rings. The molecule has 178 valence electrons. The van der Waals surface area contributed by atoms with E-state index in [1.54, 1.807) is 25.1 Å². The Morgan fingerprint density at radius 2 is 1.88 bits per heavy atom. The number of hydrogen-bond donors (Lipinski definition) is 0. The number of likely N-dealkylation sites (tertiary alicyclic amines) is 1. The standard InChI is InChI=1S/C25H28N4O5/c1-16-20(27-34-26-16)15-28(2)23(30)19-14-25(19)10-12-29(13-11-25)24(31)22-9-8-21(33-22)17-4-6-18(32-3)7-5-17/h4-9,19H,10-15H2,1-3H3/t19-/m0/s1. The first-order chi connectivity index (χ1) is 16.4. The minimum Gasteiger partial charge on any atom is -0.497 e. The summed E-state index contributed by atoms with van der Waals surface area (Å²) in [5, 5.41) is 7.64. The van der Waals surface area contributed by atoms with Gasteiger partial charge in [0.05, 0.1) is 13.7 Å². The molecular formula is C25H28N4O5. The zero-order valence-electron chi connectivity index (χ0n) is 19.6. The van der Waals surface area contributed by atoms with Gasteiger partial charge in [0.1, 0.15) is 22.9 Å². The van der Waals surface area contributed by atoms with E-state index in [0.717, 1.165) is 30.6 Å². The summed E-state index contributed by atoms with van der Waals surface area (Å²) in [6, 6.07) is 11.1. The minimum atomic E-state index is -0.107. The van der Waals surface area contributed by atoms with E-state index in [0.29, 0.717) is 42.5 Å². The quantitative estimate of drug-likeness (QED) is 0.550. The Bertz CT molecular complexity index is 1190. The average Bonchev–Trinajstić information content (AvgIpc) is 3.16. The molecule has 0 bridgehead atoms. The smallest absolute Gasteiger partial charge is 0.289 e. The number of piperidine rings is 1. The molecule has 2 fully saturated rings. The normalized spacial score (nSPS) is 18.7. The fourth-order valence-corrected chi connectivity index (χ4v) is 4.89. The van der Waals surface area contributed by atoms with Crippen LogP contribution in [-0.2, 0) is 11.3 Å². The van der Waals surface area contributed by atoms with E-state index in [2.05, 4.69) is 10.3 Å². The first-order valence-corrected chi connectivity index (χ1v) is 11.5. The molecule has 0 N–H and O–H groups in total. The number of amides is 2. The van der Waals surface area contributed by atoms with Gasteiger partial charge in [0.15, 0.2) is 5.76 Å². The van der Waals surface area contributed by atoms with Crippen LogP contribution < -0.4 is 4.74 Å². The number of rotatable bonds is 6. The van der Waals surface area contributed by atoms with E-state index < -0.39 is 0 Å². The highest BCUT2D eigenvalue weighted by Gasteiger charge is 2.59. The number of aryl methyl sites for hydroxylation is 1. The highest BCUT2D eigenvalue weighted by atomic mass is 16.6. The summed E-state index contributed by atoms with van der Waals surface area (Å²) >= 11 is 0. The summed E-state index contributed by atoms with van der Waals surface area (Å²) in [6.45, 7) is 3.45. The van der Waals surface area contributed by atoms with Crippen molar-refractivity contribution in [3.63, 3.8) is 0 Å². The molecule has 1 saturated heterocycles. The van der Waals surface area contributed by atoms with E-state index in [9.17, 15) is 9.59 Å². The zero-order chi connectivity index (χ0) is 23.9. The lowest BCUT2D eigenvalue weighted by Gasteiger charge is -2.32. The second-order valence-electron chi connectivity index (χ2n) is 9.29. The van der Waals surface area contributed by atoms with Gasteiger partial charge >= 0.3 is 0 Å². The van der Waals surface area contributed by atoms with Gasteiger partial charge in [0.2, 0.25) is 5.91 Å². The number of aromatic nitrogens is 2. The molecule has 1 saturated carbocycles. The molecule has 3 heterocycles. The Morgan fingerprint density at radius 3 is 2.53 bits per heavy atom. The van der Waals surface area contributed by atoms with Gasteiger partial charge in [-0.2, -0.15) is 0 Å². The summed E-state index contributed by atoms with van der Waals surface area (Å²) in [4.78, 5) is 29.5. The van der Waals surface area contributed by atoms with Crippen molar-refractivity contribution in [2.75, 3.05) is 27.2 Å². The van der Waals surface area contributed by atoms with E-state index in [-0.39, 0.29) is 23.1 Å². The lowest BCUT2D eigenvalue weighted by atomic mass is 9.90. The van der Waals surface area contributed by atoms with Crippen molar-refractivity contribution >= 4 is 11.8 Å². The van der Waals surface area contributed by atoms with Crippen molar-refractivity contribution in [2.24, 2.45) is 11.3 Å². The van der Waals surface area contributed by atoms with Gasteiger partial charge in [-0.05, 0) is 68.0 Å². The SMILES string of the molecule is COc1ccc(-c2ccc(C(=O)N3CCC4(CC3)C[C@H]4C(=O)N(C)Cc3nonc3C)o2)cc1. The molecule has 9 nitrogen and oxygen atoms in total. The zero-order valence-corrected chi connectivity index (χ0v) is 19.6. The number of methoxy groups -OCH3 is 1. The predicted molar refractivity (Wildman–Crippen MR) is 122 cm³/mol. The number of carbonyl (C=O) groups is 2. The van der Waals surface area contributed by atoms with Crippen LogP contribution in [0.1, 0.15) is 41.2 Å². The third-order valence-electron chi connectivity index (χ3n) is 7.24. The molecule has 1 aliphatic heterocycles. The van der Waals surface area contributed by atoms with Crippen LogP contribution in [0.3, 0.4) is 0 Å². The van der Waals surface area contributed by atoms with Gasteiger partial charge in [0.25, 0.3) is 5.91 Å². The van der Waals surface area contributed by atoms with Crippen molar-refractivity contribution in [3.8, 4) is 17.1 Å². The Hall–Kier alpha value is -3.62. The summed E-state index contributed by atoms with van der Waals surface area (Å²) in [5.74, 6) is 1.76. The lowest BCUT2D eigenvalue weighted by molar-refractivity contribution is -0.133. The third-order valence-corrected chi connectivity index (χ3v) is 7.24. The number of hydrogen-bond acceptors (Lipinski definition) is 7. The summed E-state index contributed by atoms with van der Waals surface area (Å²) in [5.41, 5.74) is 2.26. The van der Waals surface area contributed by atoms with Crippen molar-refractivity contribution in [1.29, 1.82) is 0 Å². The maximum atomic E-state index is 13.0. The van der Waals surface area contributed by atoms with E-state index in [1.807, 2.05) is 42.2 Å². The summed E-state index contributed by atoms with van der Waals surface area (Å²) in [6.07, 6.45) is 2.51. The molecule has 2 aromatic heterocycles. The molecule has 9 heteroatoms. The van der Waals surface area contributed by atoms with Gasteiger partial charge in [-0.3, -0.25) is 9.59 Å². The molecule has 1 aliphatic carbocycles. The summed E-state index contributed by atoms with van der Waals surface area (Å²) in [7, 11) is 3.41. The van der Waals surface area contributed by atoms with E-state index >= 15 is 0 Å². The van der Waals surface area contributed by atoms with Crippen molar-refractivity contribution in [1.82, 2.24) is 20.1 Å². The lowest BCUT2D eigenvalue weighted by Crippen LogP contribution is -2.40. The molecule has 1 atom stereocenters. The number of carbonyl (C=O) groups excluding carboxylic acids is 2. The van der Waals surface area contributed by atoms with Crippen LogP contribution >= 0.6 is 0 Å². The number of ether oxygens (including phenoxy) is 1. The maximum Gasteiger partial charge on any atom is 0.289 e. The average molecular weight is 465 g/mol. The van der Waals surface area contributed by atoms with E-state index in [1.165, 1.54) is 0 Å². The molecule has 34 heavy (non-hydrogen) atoms. The van der Waals surface area contributed by atoms with Crippen molar-refractivity contribution in [3.05, 3.63) is 53.5 Å². The minimum absolute atomic E-state index is 0.000191. The largest absolute Gasteiger partial charge is 0.497 e. The second kappa shape index (κ2) is 8.62. The molecule has 0 radical (unpaired) electrons. The van der Waals surface area contributed by atoms with Crippen LogP contribution in [0.2, 0.25) is 0 Å². The van der Waals surface area contributed by atoms with Gasteiger partial charge in [-0.15, -0.1) is 0 Å². The van der Waals surface area contributed by atoms with Crippen LogP contribution in [0.15, 0.2) is 45.4 Å². The second-order valence-corrected chi connectivity index (χ2v) is 9.29. The molecule has 1 aromatic carbocycles. The first-order valence-electron chi connectivity index (χ1n) is 11.5. The number of furan rings is 1. The van der Waals surface area contributed by atoms with Gasteiger partial charge in [0, 0.05) is 31.6 Å². The Morgan fingerprint density at radius 1 is 1.15 bits per heavy atom. The third kappa shape index (κ3) is 4.06. The Balaban J connectivity index is 1.16. The highest BCUT2D eigenvalue weighted by Crippen LogP contribution is 2.60. The molecule has 1 spiro atoms. The van der Waals surface area contributed by atoms with Gasteiger partial charge in [-0.1, -0.05) is 10.3 Å². The van der Waals surface area contributed by atoms with Crippen molar-refractivity contribution in [2.45, 2.75) is 32.7 Å².